The van der Waals surface area contributed by atoms with E-state index in [9.17, 15) is 0 Å². The predicted octanol–water partition coefficient (Wildman–Crippen LogP) is 6.36. The first-order chi connectivity index (χ1) is 9.27. The van der Waals surface area contributed by atoms with Crippen molar-refractivity contribution in [2.75, 3.05) is 6.61 Å². The van der Waals surface area contributed by atoms with Crippen molar-refractivity contribution in [2.24, 2.45) is 0 Å². The topological polar surface area (TPSA) is 9.23 Å². The van der Waals surface area contributed by atoms with Crippen LogP contribution in [-0.2, 0) is 5.33 Å². The maximum absolute atomic E-state index is 6.16. The zero-order valence-electron chi connectivity index (χ0n) is 11.8. The fraction of sp³-hybridized carbons (Fsp3) is 0.625. The minimum Gasteiger partial charge on any atom is -0.492 e. The van der Waals surface area contributed by atoms with Crippen molar-refractivity contribution < 1.29 is 4.74 Å². The van der Waals surface area contributed by atoms with E-state index in [1.165, 1.54) is 44.1 Å². The van der Waals surface area contributed by atoms with Crippen LogP contribution in [0, 0.1) is 0 Å². The highest BCUT2D eigenvalue weighted by Gasteiger charge is 2.02. The zero-order chi connectivity index (χ0) is 13.9. The summed E-state index contributed by atoms with van der Waals surface area (Å²) in [5, 5.41) is 1.53. The van der Waals surface area contributed by atoms with Crippen LogP contribution in [0.2, 0.25) is 5.02 Å². The first-order valence-electron chi connectivity index (χ1n) is 7.25. The van der Waals surface area contributed by atoms with Crippen molar-refractivity contribution in [3.8, 4) is 5.75 Å². The molecule has 1 nitrogen and oxygen atoms in total. The van der Waals surface area contributed by atoms with E-state index in [0.717, 1.165) is 24.1 Å². The lowest BCUT2D eigenvalue weighted by atomic mass is 10.1. The van der Waals surface area contributed by atoms with Gasteiger partial charge in [-0.3, -0.25) is 0 Å². The third-order valence-corrected chi connectivity index (χ3v) is 4.10. The molecular formula is C16H24BrClO. The first kappa shape index (κ1) is 16.8. The zero-order valence-corrected chi connectivity index (χ0v) is 14.1. The molecule has 0 unspecified atom stereocenters. The highest BCUT2D eigenvalue weighted by Crippen LogP contribution is 2.26. The van der Waals surface area contributed by atoms with Gasteiger partial charge in [-0.25, -0.2) is 0 Å². The molecule has 0 N–H and O–H groups in total. The minimum atomic E-state index is 0.708. The molecule has 0 aliphatic rings. The molecule has 0 spiro atoms. The quantitative estimate of drug-likeness (QED) is 0.353. The van der Waals surface area contributed by atoms with Crippen LogP contribution >= 0.6 is 27.5 Å². The molecule has 0 aromatic heterocycles. The van der Waals surface area contributed by atoms with Crippen LogP contribution < -0.4 is 4.74 Å². The van der Waals surface area contributed by atoms with Gasteiger partial charge >= 0.3 is 0 Å². The molecule has 1 aromatic carbocycles. The molecule has 0 bridgehead atoms. The lowest BCUT2D eigenvalue weighted by molar-refractivity contribution is 0.304. The molecule has 0 radical (unpaired) electrons. The minimum absolute atomic E-state index is 0.708. The summed E-state index contributed by atoms with van der Waals surface area (Å²) < 4.78 is 5.72. The Labute approximate surface area is 130 Å². The van der Waals surface area contributed by atoms with Gasteiger partial charge in [0.15, 0.2) is 0 Å². The number of hydrogen-bond acceptors (Lipinski definition) is 1. The van der Waals surface area contributed by atoms with Crippen LogP contribution in [-0.4, -0.2) is 6.61 Å². The average molecular weight is 348 g/mol. The van der Waals surface area contributed by atoms with Crippen LogP contribution in [0.25, 0.3) is 0 Å². The van der Waals surface area contributed by atoms with E-state index in [1.807, 2.05) is 18.2 Å². The summed E-state index contributed by atoms with van der Waals surface area (Å²) in [4.78, 5) is 0. The summed E-state index contributed by atoms with van der Waals surface area (Å²) in [6.07, 6.45) is 9.09. The molecule has 0 aliphatic heterocycles. The molecule has 1 aromatic rings. The average Bonchev–Trinajstić information content (AvgIpc) is 2.43. The van der Waals surface area contributed by atoms with Crippen molar-refractivity contribution >= 4 is 27.5 Å². The Balaban J connectivity index is 2.12. The molecule has 0 saturated heterocycles. The molecule has 0 saturated carbocycles. The molecule has 0 fully saturated rings. The number of benzene rings is 1. The Hall–Kier alpha value is -0.210. The standard InChI is InChI=1S/C16H24BrClO/c1-2-3-4-5-6-7-8-11-19-16-10-9-14(13-17)12-15(16)18/h9-10,12H,2-8,11,13H2,1H3. The maximum Gasteiger partial charge on any atom is 0.137 e. The highest BCUT2D eigenvalue weighted by molar-refractivity contribution is 9.08. The van der Waals surface area contributed by atoms with Gasteiger partial charge in [-0.15, -0.1) is 0 Å². The molecule has 19 heavy (non-hydrogen) atoms. The molecule has 0 atom stereocenters. The fourth-order valence-corrected chi connectivity index (χ4v) is 2.59. The summed E-state index contributed by atoms with van der Waals surface area (Å²) in [5.41, 5.74) is 1.17. The number of rotatable bonds is 10. The molecule has 0 heterocycles. The van der Waals surface area contributed by atoms with E-state index < -0.39 is 0 Å². The first-order valence-corrected chi connectivity index (χ1v) is 8.75. The van der Waals surface area contributed by atoms with Gasteiger partial charge in [0.1, 0.15) is 5.75 Å². The summed E-state index contributed by atoms with van der Waals surface area (Å²) in [6, 6.07) is 5.96. The Morgan fingerprint density at radius 1 is 1.05 bits per heavy atom. The Morgan fingerprint density at radius 3 is 2.37 bits per heavy atom. The summed E-state index contributed by atoms with van der Waals surface area (Å²) in [5.74, 6) is 0.803. The molecule has 3 heteroatoms. The van der Waals surface area contributed by atoms with Gasteiger partial charge in [0.2, 0.25) is 0 Å². The van der Waals surface area contributed by atoms with Crippen molar-refractivity contribution in [1.82, 2.24) is 0 Å². The third kappa shape index (κ3) is 7.22. The Bertz CT molecular complexity index is 355. The lowest BCUT2D eigenvalue weighted by Gasteiger charge is -2.09. The van der Waals surface area contributed by atoms with E-state index in [0.29, 0.717) is 5.02 Å². The number of unbranched alkanes of at least 4 members (excludes halogenated alkanes) is 6. The molecule has 0 aliphatic carbocycles. The van der Waals surface area contributed by atoms with Crippen LogP contribution in [0.4, 0.5) is 0 Å². The van der Waals surface area contributed by atoms with E-state index in [-0.39, 0.29) is 0 Å². The van der Waals surface area contributed by atoms with Crippen LogP contribution in [0.3, 0.4) is 0 Å². The Kier molecular flexibility index (Phi) is 9.36. The van der Waals surface area contributed by atoms with Gasteiger partial charge in [-0.1, -0.05) is 79.0 Å². The maximum atomic E-state index is 6.16. The number of hydrogen-bond donors (Lipinski definition) is 0. The van der Waals surface area contributed by atoms with Gasteiger partial charge in [0, 0.05) is 5.33 Å². The van der Waals surface area contributed by atoms with Crippen LogP contribution in [0.15, 0.2) is 18.2 Å². The SMILES string of the molecule is CCCCCCCCCOc1ccc(CBr)cc1Cl. The van der Waals surface area contributed by atoms with Crippen molar-refractivity contribution in [1.29, 1.82) is 0 Å². The lowest BCUT2D eigenvalue weighted by Crippen LogP contribution is -1.98. The van der Waals surface area contributed by atoms with E-state index in [1.54, 1.807) is 0 Å². The normalized spacial score (nSPS) is 10.7. The molecule has 0 amide bonds. The second kappa shape index (κ2) is 10.6. The smallest absolute Gasteiger partial charge is 0.137 e. The van der Waals surface area contributed by atoms with Gasteiger partial charge < -0.3 is 4.74 Å². The molecule has 1 rings (SSSR count). The summed E-state index contributed by atoms with van der Waals surface area (Å²) >= 11 is 9.58. The summed E-state index contributed by atoms with van der Waals surface area (Å²) in [7, 11) is 0. The monoisotopic (exact) mass is 346 g/mol. The van der Waals surface area contributed by atoms with Crippen molar-refractivity contribution in [2.45, 2.75) is 57.2 Å². The number of alkyl halides is 1. The second-order valence-corrected chi connectivity index (χ2v) is 5.84. The van der Waals surface area contributed by atoms with E-state index in [4.69, 9.17) is 16.3 Å². The van der Waals surface area contributed by atoms with Crippen molar-refractivity contribution in [3.05, 3.63) is 28.8 Å². The number of halogens is 2. The second-order valence-electron chi connectivity index (χ2n) is 4.87. The highest BCUT2D eigenvalue weighted by atomic mass is 79.9. The van der Waals surface area contributed by atoms with Crippen LogP contribution in [0.1, 0.15) is 57.4 Å². The van der Waals surface area contributed by atoms with Gasteiger partial charge in [-0.05, 0) is 24.1 Å². The van der Waals surface area contributed by atoms with Gasteiger partial charge in [-0.2, -0.15) is 0 Å². The molecule has 108 valence electrons. The molecular weight excluding hydrogens is 324 g/mol. The predicted molar refractivity (Wildman–Crippen MR) is 87.6 cm³/mol. The van der Waals surface area contributed by atoms with Crippen molar-refractivity contribution in [3.63, 3.8) is 0 Å². The Morgan fingerprint density at radius 2 is 1.74 bits per heavy atom. The van der Waals surface area contributed by atoms with E-state index >= 15 is 0 Å². The van der Waals surface area contributed by atoms with Gasteiger partial charge in [0.25, 0.3) is 0 Å². The van der Waals surface area contributed by atoms with Gasteiger partial charge in [0.05, 0.1) is 11.6 Å². The third-order valence-electron chi connectivity index (χ3n) is 3.16. The summed E-state index contributed by atoms with van der Waals surface area (Å²) in [6.45, 7) is 3.01. The van der Waals surface area contributed by atoms with Crippen LogP contribution in [0.5, 0.6) is 5.75 Å². The van der Waals surface area contributed by atoms with E-state index in [2.05, 4.69) is 22.9 Å². The fourth-order valence-electron chi connectivity index (χ4n) is 1.99. The largest absolute Gasteiger partial charge is 0.492 e. The number of ether oxygens (including phenoxy) is 1.